The lowest BCUT2D eigenvalue weighted by Gasteiger charge is -2.25. The number of carbonyl (C=O) groups excluding carboxylic acids is 1. The van der Waals surface area contributed by atoms with Crippen molar-refractivity contribution in [2.24, 2.45) is 0 Å². The van der Waals surface area contributed by atoms with Crippen molar-refractivity contribution >= 4 is 27.2 Å². The predicted octanol–water partition coefficient (Wildman–Crippen LogP) is 3.92. The molecule has 0 N–H and O–H groups in total. The van der Waals surface area contributed by atoms with Gasteiger partial charge in [0.2, 0.25) is 5.78 Å². The fourth-order valence-corrected chi connectivity index (χ4v) is 3.43. The zero-order chi connectivity index (χ0) is 14.2. The van der Waals surface area contributed by atoms with Gasteiger partial charge >= 0.3 is 0 Å². The van der Waals surface area contributed by atoms with E-state index in [2.05, 4.69) is 0 Å². The molecule has 21 heavy (non-hydrogen) atoms. The number of rotatable bonds is 2. The van der Waals surface area contributed by atoms with Crippen molar-refractivity contribution in [2.45, 2.75) is 6.10 Å². The van der Waals surface area contributed by atoms with Gasteiger partial charge in [-0.15, -0.1) is 11.3 Å². The summed E-state index contributed by atoms with van der Waals surface area (Å²) in [5.41, 5.74) is 0.704. The van der Waals surface area contributed by atoms with Gasteiger partial charge in [0, 0.05) is 10.3 Å². The molecular weight excluding hydrogens is 284 g/mol. The highest BCUT2D eigenvalue weighted by Gasteiger charge is 2.29. The second-order valence-electron chi connectivity index (χ2n) is 4.87. The lowest BCUT2D eigenvalue weighted by molar-refractivity contribution is 0.0587. The van der Waals surface area contributed by atoms with Gasteiger partial charge in [-0.05, 0) is 35.0 Å². The van der Waals surface area contributed by atoms with Crippen LogP contribution < -0.4 is 9.47 Å². The SMILES string of the molecule is O=C(c1cccc2ccsc12)C1COc2ccccc2O1. The van der Waals surface area contributed by atoms with E-state index in [0.29, 0.717) is 17.1 Å². The van der Waals surface area contributed by atoms with Gasteiger partial charge in [0.25, 0.3) is 0 Å². The summed E-state index contributed by atoms with van der Waals surface area (Å²) in [5, 5.41) is 3.08. The zero-order valence-electron chi connectivity index (χ0n) is 11.1. The van der Waals surface area contributed by atoms with Crippen LogP contribution >= 0.6 is 11.3 Å². The minimum absolute atomic E-state index is 0.0300. The third-order valence-corrected chi connectivity index (χ3v) is 4.51. The van der Waals surface area contributed by atoms with E-state index in [1.165, 1.54) is 0 Å². The molecule has 0 bridgehead atoms. The molecular formula is C17H12O3S. The van der Waals surface area contributed by atoms with E-state index in [1.807, 2.05) is 53.9 Å². The Balaban J connectivity index is 1.69. The van der Waals surface area contributed by atoms with E-state index in [1.54, 1.807) is 11.3 Å². The van der Waals surface area contributed by atoms with E-state index in [0.717, 1.165) is 10.1 Å². The van der Waals surface area contributed by atoms with Crippen LogP contribution in [0.15, 0.2) is 53.9 Å². The quantitative estimate of drug-likeness (QED) is 0.672. The van der Waals surface area contributed by atoms with Crippen LogP contribution in [-0.4, -0.2) is 18.5 Å². The molecule has 4 rings (SSSR count). The summed E-state index contributed by atoms with van der Waals surface area (Å²) in [7, 11) is 0. The molecule has 2 heterocycles. The van der Waals surface area contributed by atoms with Crippen LogP contribution in [-0.2, 0) is 0 Å². The van der Waals surface area contributed by atoms with Crippen LogP contribution in [0.2, 0.25) is 0 Å². The summed E-state index contributed by atoms with van der Waals surface area (Å²) in [6.45, 7) is 0.248. The second-order valence-corrected chi connectivity index (χ2v) is 5.79. The van der Waals surface area contributed by atoms with Gasteiger partial charge in [0.15, 0.2) is 17.6 Å². The standard InChI is InChI=1S/C17H12O3S/c18-16(12-5-3-4-11-8-9-21-17(11)12)15-10-19-13-6-1-2-7-14(13)20-15/h1-9,15H,10H2. The molecule has 3 nitrogen and oxygen atoms in total. The second kappa shape index (κ2) is 4.90. The highest BCUT2D eigenvalue weighted by Crippen LogP contribution is 2.33. The number of Topliss-reactive ketones (excluding diaryl/α,β-unsaturated/α-hetero) is 1. The van der Waals surface area contributed by atoms with E-state index >= 15 is 0 Å². The average Bonchev–Trinajstić information content (AvgIpc) is 3.02. The lowest BCUT2D eigenvalue weighted by atomic mass is 10.0. The van der Waals surface area contributed by atoms with Crippen molar-refractivity contribution < 1.29 is 14.3 Å². The first-order valence-corrected chi connectivity index (χ1v) is 7.60. The van der Waals surface area contributed by atoms with Crippen molar-refractivity contribution in [3.63, 3.8) is 0 Å². The van der Waals surface area contributed by atoms with Crippen molar-refractivity contribution in [1.82, 2.24) is 0 Å². The van der Waals surface area contributed by atoms with Gasteiger partial charge in [0.05, 0.1) is 0 Å². The molecule has 0 spiro atoms. The van der Waals surface area contributed by atoms with Gasteiger partial charge in [-0.25, -0.2) is 0 Å². The van der Waals surface area contributed by atoms with Crippen LogP contribution in [0.3, 0.4) is 0 Å². The highest BCUT2D eigenvalue weighted by molar-refractivity contribution is 7.17. The van der Waals surface area contributed by atoms with Crippen LogP contribution in [0.25, 0.3) is 10.1 Å². The molecule has 1 aromatic heterocycles. The van der Waals surface area contributed by atoms with Gasteiger partial charge in [-0.1, -0.05) is 24.3 Å². The van der Waals surface area contributed by atoms with Crippen LogP contribution in [0.5, 0.6) is 11.5 Å². The molecule has 2 aromatic carbocycles. The Labute approximate surface area is 125 Å². The highest BCUT2D eigenvalue weighted by atomic mass is 32.1. The molecule has 1 atom stereocenters. The summed E-state index contributed by atoms with van der Waals surface area (Å²) in [4.78, 5) is 12.7. The van der Waals surface area contributed by atoms with Crippen molar-refractivity contribution in [2.75, 3.05) is 6.61 Å². The molecule has 104 valence electrons. The Morgan fingerprint density at radius 1 is 1.05 bits per heavy atom. The first-order valence-electron chi connectivity index (χ1n) is 6.72. The molecule has 4 heteroatoms. The summed E-state index contributed by atoms with van der Waals surface area (Å²) >= 11 is 1.57. The topological polar surface area (TPSA) is 35.5 Å². The molecule has 0 saturated heterocycles. The number of hydrogen-bond acceptors (Lipinski definition) is 4. The van der Waals surface area contributed by atoms with Crippen LogP contribution in [0.1, 0.15) is 10.4 Å². The first kappa shape index (κ1) is 12.4. The van der Waals surface area contributed by atoms with Crippen molar-refractivity contribution in [3.05, 3.63) is 59.5 Å². The largest absolute Gasteiger partial charge is 0.485 e. The van der Waals surface area contributed by atoms with Gasteiger partial charge < -0.3 is 9.47 Å². The molecule has 0 radical (unpaired) electrons. The number of thiophene rings is 1. The number of ether oxygens (including phenoxy) is 2. The zero-order valence-corrected chi connectivity index (χ0v) is 11.9. The summed E-state index contributed by atoms with van der Waals surface area (Å²) in [6.07, 6.45) is -0.590. The number of hydrogen-bond donors (Lipinski definition) is 0. The van der Waals surface area contributed by atoms with Gasteiger partial charge in [0.1, 0.15) is 6.61 Å². The number of fused-ring (bicyclic) bond motifs is 2. The smallest absolute Gasteiger partial charge is 0.208 e. The fourth-order valence-electron chi connectivity index (χ4n) is 2.51. The van der Waals surface area contributed by atoms with Crippen LogP contribution in [0, 0.1) is 0 Å². The maximum Gasteiger partial charge on any atom is 0.208 e. The van der Waals surface area contributed by atoms with E-state index in [-0.39, 0.29) is 12.4 Å². The molecule has 3 aromatic rings. The van der Waals surface area contributed by atoms with Gasteiger partial charge in [-0.3, -0.25) is 4.79 Å². The minimum Gasteiger partial charge on any atom is -0.485 e. The first-order chi connectivity index (χ1) is 10.3. The van der Waals surface area contributed by atoms with Gasteiger partial charge in [-0.2, -0.15) is 0 Å². The normalized spacial score (nSPS) is 16.9. The Bertz CT molecular complexity index is 822. The molecule has 1 aliphatic rings. The third-order valence-electron chi connectivity index (χ3n) is 3.55. The summed E-state index contributed by atoms with van der Waals surface area (Å²) < 4.78 is 12.4. The molecule has 0 saturated carbocycles. The van der Waals surface area contributed by atoms with E-state index in [4.69, 9.17) is 9.47 Å². The van der Waals surface area contributed by atoms with Crippen molar-refractivity contribution in [1.29, 1.82) is 0 Å². The molecule has 1 unspecified atom stereocenters. The molecule has 0 fully saturated rings. The Morgan fingerprint density at radius 3 is 2.81 bits per heavy atom. The summed E-state index contributed by atoms with van der Waals surface area (Å²) in [5.74, 6) is 1.29. The minimum atomic E-state index is -0.590. The Hall–Kier alpha value is -2.33. The maximum absolute atomic E-state index is 12.7. The fraction of sp³-hybridized carbons (Fsp3) is 0.118. The number of ketones is 1. The third kappa shape index (κ3) is 2.08. The molecule has 0 amide bonds. The number of para-hydroxylation sites is 2. The van der Waals surface area contributed by atoms with Crippen LogP contribution in [0.4, 0.5) is 0 Å². The predicted molar refractivity (Wildman–Crippen MR) is 82.5 cm³/mol. The Morgan fingerprint density at radius 2 is 1.90 bits per heavy atom. The number of carbonyl (C=O) groups is 1. The van der Waals surface area contributed by atoms with E-state index in [9.17, 15) is 4.79 Å². The van der Waals surface area contributed by atoms with Crippen molar-refractivity contribution in [3.8, 4) is 11.5 Å². The summed E-state index contributed by atoms with van der Waals surface area (Å²) in [6, 6.07) is 15.2. The Kier molecular flexibility index (Phi) is 2.89. The van der Waals surface area contributed by atoms with E-state index < -0.39 is 6.10 Å². The number of benzene rings is 2. The maximum atomic E-state index is 12.7. The average molecular weight is 296 g/mol. The molecule has 1 aliphatic heterocycles. The monoisotopic (exact) mass is 296 g/mol. The molecule has 0 aliphatic carbocycles. The lowest BCUT2D eigenvalue weighted by Crippen LogP contribution is -2.36.